The van der Waals surface area contributed by atoms with Crippen molar-refractivity contribution in [3.05, 3.63) is 29.8 Å². The highest BCUT2D eigenvalue weighted by molar-refractivity contribution is 5.95. The van der Waals surface area contributed by atoms with Crippen molar-refractivity contribution < 1.29 is 19.5 Å². The molecule has 1 aliphatic rings. The molecule has 6 heteroatoms. The quantitative estimate of drug-likeness (QED) is 0.885. The highest BCUT2D eigenvalue weighted by Crippen LogP contribution is 2.19. The van der Waals surface area contributed by atoms with Gasteiger partial charge < -0.3 is 15.3 Å². The second kappa shape index (κ2) is 6.39. The number of hydrogen-bond acceptors (Lipinski definition) is 3. The molecule has 1 unspecified atom stereocenters. The first-order valence-electron chi connectivity index (χ1n) is 6.87. The number of hydrogen-bond donors (Lipinski definition) is 2. The van der Waals surface area contributed by atoms with Crippen LogP contribution in [0.15, 0.2) is 24.3 Å². The number of carboxylic acids is 1. The smallest absolute Gasteiger partial charge is 0.308 e. The first-order chi connectivity index (χ1) is 9.97. The predicted octanol–water partition coefficient (Wildman–Crippen LogP) is 1.58. The van der Waals surface area contributed by atoms with Crippen LogP contribution < -0.4 is 5.32 Å². The van der Waals surface area contributed by atoms with Crippen LogP contribution in [0.3, 0.4) is 0 Å². The molecule has 6 nitrogen and oxygen atoms in total. The molecule has 2 rings (SSSR count). The number of amides is 2. The van der Waals surface area contributed by atoms with E-state index < -0.39 is 11.9 Å². The van der Waals surface area contributed by atoms with Crippen molar-refractivity contribution in [2.45, 2.75) is 19.8 Å². The van der Waals surface area contributed by atoms with Gasteiger partial charge in [-0.25, -0.2) is 0 Å². The Labute approximate surface area is 122 Å². The van der Waals surface area contributed by atoms with Gasteiger partial charge in [0.2, 0.25) is 5.91 Å². The third kappa shape index (κ3) is 3.81. The van der Waals surface area contributed by atoms with Crippen LogP contribution in [0, 0.1) is 5.92 Å². The van der Waals surface area contributed by atoms with Crippen molar-refractivity contribution in [2.75, 3.05) is 18.4 Å². The largest absolute Gasteiger partial charge is 0.481 e. The summed E-state index contributed by atoms with van der Waals surface area (Å²) in [6.07, 6.45) is 1.31. The number of rotatable bonds is 3. The van der Waals surface area contributed by atoms with E-state index in [0.29, 0.717) is 30.6 Å². The van der Waals surface area contributed by atoms with Gasteiger partial charge in [-0.05, 0) is 37.1 Å². The number of nitrogens with one attached hydrogen (secondary N) is 1. The van der Waals surface area contributed by atoms with Crippen LogP contribution >= 0.6 is 0 Å². The summed E-state index contributed by atoms with van der Waals surface area (Å²) in [6.45, 7) is 2.25. The Hall–Kier alpha value is -2.37. The molecule has 1 fully saturated rings. The normalized spacial score (nSPS) is 18.1. The first-order valence-corrected chi connectivity index (χ1v) is 6.87. The van der Waals surface area contributed by atoms with Crippen molar-refractivity contribution in [3.63, 3.8) is 0 Å². The minimum atomic E-state index is -0.853. The fourth-order valence-corrected chi connectivity index (χ4v) is 2.45. The Kier molecular flexibility index (Phi) is 4.57. The van der Waals surface area contributed by atoms with Gasteiger partial charge >= 0.3 is 5.97 Å². The van der Waals surface area contributed by atoms with Gasteiger partial charge in [0.05, 0.1) is 5.92 Å². The number of nitrogens with zero attached hydrogens (tertiary/aromatic N) is 1. The van der Waals surface area contributed by atoms with Gasteiger partial charge in [0.15, 0.2) is 0 Å². The topological polar surface area (TPSA) is 86.7 Å². The van der Waals surface area contributed by atoms with E-state index >= 15 is 0 Å². The number of anilines is 1. The molecule has 112 valence electrons. The number of carboxylic acid groups (broad SMARTS) is 1. The summed E-state index contributed by atoms with van der Waals surface area (Å²) in [4.78, 5) is 35.9. The Morgan fingerprint density at radius 3 is 2.48 bits per heavy atom. The molecule has 2 amide bonds. The van der Waals surface area contributed by atoms with E-state index in [9.17, 15) is 14.4 Å². The predicted molar refractivity (Wildman–Crippen MR) is 77.0 cm³/mol. The molecule has 0 radical (unpaired) electrons. The molecule has 1 saturated heterocycles. The summed E-state index contributed by atoms with van der Waals surface area (Å²) < 4.78 is 0. The molecule has 1 atom stereocenters. The lowest BCUT2D eigenvalue weighted by Gasteiger charge is -2.30. The maximum absolute atomic E-state index is 12.3. The van der Waals surface area contributed by atoms with E-state index in [4.69, 9.17) is 5.11 Å². The van der Waals surface area contributed by atoms with E-state index in [1.165, 1.54) is 6.92 Å². The van der Waals surface area contributed by atoms with Gasteiger partial charge in [0.25, 0.3) is 5.91 Å². The van der Waals surface area contributed by atoms with Crippen LogP contribution in [-0.4, -0.2) is 40.9 Å². The SMILES string of the molecule is CC(=O)Nc1ccc(C(=O)N2CCCC(C(=O)O)C2)cc1. The average Bonchev–Trinajstić information content (AvgIpc) is 2.47. The number of carbonyl (C=O) groups is 3. The van der Waals surface area contributed by atoms with Gasteiger partial charge in [-0.3, -0.25) is 14.4 Å². The summed E-state index contributed by atoms with van der Waals surface area (Å²) in [7, 11) is 0. The van der Waals surface area contributed by atoms with E-state index in [2.05, 4.69) is 5.32 Å². The lowest BCUT2D eigenvalue weighted by atomic mass is 9.97. The molecule has 1 aliphatic heterocycles. The number of likely N-dealkylation sites (tertiary alicyclic amines) is 1. The monoisotopic (exact) mass is 290 g/mol. The average molecular weight is 290 g/mol. The Bertz CT molecular complexity index is 553. The van der Waals surface area contributed by atoms with Crippen LogP contribution in [0.25, 0.3) is 0 Å². The zero-order valence-electron chi connectivity index (χ0n) is 11.8. The summed E-state index contributed by atoms with van der Waals surface area (Å²) in [5, 5.41) is 11.7. The maximum atomic E-state index is 12.3. The van der Waals surface area contributed by atoms with Crippen LogP contribution in [0.5, 0.6) is 0 Å². The van der Waals surface area contributed by atoms with Crippen molar-refractivity contribution in [1.82, 2.24) is 4.90 Å². The molecule has 1 aromatic carbocycles. The lowest BCUT2D eigenvalue weighted by molar-refractivity contribution is -0.143. The number of benzene rings is 1. The summed E-state index contributed by atoms with van der Waals surface area (Å²) in [5.74, 6) is -1.68. The molecule has 1 heterocycles. The lowest BCUT2D eigenvalue weighted by Crippen LogP contribution is -2.42. The molecule has 1 aromatic rings. The third-order valence-electron chi connectivity index (χ3n) is 3.51. The van der Waals surface area contributed by atoms with Crippen LogP contribution in [0.1, 0.15) is 30.1 Å². The Morgan fingerprint density at radius 1 is 1.24 bits per heavy atom. The molecule has 2 N–H and O–H groups in total. The molecule has 0 saturated carbocycles. The molecule has 0 spiro atoms. The van der Waals surface area contributed by atoms with E-state index in [1.807, 2.05) is 0 Å². The third-order valence-corrected chi connectivity index (χ3v) is 3.51. The number of carbonyl (C=O) groups excluding carboxylic acids is 2. The van der Waals surface area contributed by atoms with E-state index in [0.717, 1.165) is 0 Å². The summed E-state index contributed by atoms with van der Waals surface area (Å²) in [6, 6.07) is 6.59. The van der Waals surface area contributed by atoms with Crippen LogP contribution in [0.2, 0.25) is 0 Å². The highest BCUT2D eigenvalue weighted by atomic mass is 16.4. The maximum Gasteiger partial charge on any atom is 0.308 e. The van der Waals surface area contributed by atoms with E-state index in [-0.39, 0.29) is 18.4 Å². The second-order valence-electron chi connectivity index (χ2n) is 5.19. The minimum Gasteiger partial charge on any atom is -0.481 e. The van der Waals surface area contributed by atoms with Crippen molar-refractivity contribution in [1.29, 1.82) is 0 Å². The Balaban J connectivity index is 2.05. The fraction of sp³-hybridized carbons (Fsp3) is 0.400. The molecule has 0 bridgehead atoms. The van der Waals surface area contributed by atoms with Crippen molar-refractivity contribution in [2.24, 2.45) is 5.92 Å². The zero-order valence-corrected chi connectivity index (χ0v) is 11.8. The summed E-state index contributed by atoms with van der Waals surface area (Å²) in [5.41, 5.74) is 1.12. The summed E-state index contributed by atoms with van der Waals surface area (Å²) >= 11 is 0. The minimum absolute atomic E-state index is 0.171. The molecule has 0 aromatic heterocycles. The van der Waals surface area contributed by atoms with Gasteiger partial charge in [-0.15, -0.1) is 0 Å². The van der Waals surface area contributed by atoms with Gasteiger partial charge in [0.1, 0.15) is 0 Å². The molecular weight excluding hydrogens is 272 g/mol. The van der Waals surface area contributed by atoms with Crippen molar-refractivity contribution >= 4 is 23.5 Å². The van der Waals surface area contributed by atoms with Crippen LogP contribution in [0.4, 0.5) is 5.69 Å². The molecular formula is C15H18N2O4. The van der Waals surface area contributed by atoms with Crippen LogP contribution in [-0.2, 0) is 9.59 Å². The first kappa shape index (κ1) is 15.0. The molecule has 21 heavy (non-hydrogen) atoms. The van der Waals surface area contributed by atoms with E-state index in [1.54, 1.807) is 29.2 Å². The fourth-order valence-electron chi connectivity index (χ4n) is 2.45. The van der Waals surface area contributed by atoms with Gasteiger partial charge in [-0.2, -0.15) is 0 Å². The van der Waals surface area contributed by atoms with Gasteiger partial charge in [0, 0.05) is 31.3 Å². The number of piperidine rings is 1. The number of aliphatic carboxylic acids is 1. The highest BCUT2D eigenvalue weighted by Gasteiger charge is 2.28. The van der Waals surface area contributed by atoms with Gasteiger partial charge in [-0.1, -0.05) is 0 Å². The van der Waals surface area contributed by atoms with Crippen molar-refractivity contribution in [3.8, 4) is 0 Å². The Morgan fingerprint density at radius 2 is 1.90 bits per heavy atom. The molecule has 0 aliphatic carbocycles. The second-order valence-corrected chi connectivity index (χ2v) is 5.19. The zero-order chi connectivity index (χ0) is 15.4. The standard InChI is InChI=1S/C15H18N2O4/c1-10(18)16-13-6-4-11(5-7-13)14(19)17-8-2-3-12(9-17)15(20)21/h4-7,12H,2-3,8-9H2,1H3,(H,16,18)(H,20,21).